The minimum absolute atomic E-state index is 0.0528. The lowest BCUT2D eigenvalue weighted by molar-refractivity contribution is 0.0919. The van der Waals surface area contributed by atoms with E-state index >= 15 is 0 Å². The van der Waals surface area contributed by atoms with Gasteiger partial charge in [-0.3, -0.25) is 37.4 Å². The van der Waals surface area contributed by atoms with Crippen molar-refractivity contribution >= 4 is 23.5 Å². The second-order valence-corrected chi connectivity index (χ2v) is 15.1. The third kappa shape index (κ3) is 8.40. The first-order chi connectivity index (χ1) is 29.0. The van der Waals surface area contributed by atoms with Crippen LogP contribution >= 0.6 is 0 Å². The molecule has 2 atom stereocenters. The Balaban J connectivity index is 1.04. The fourth-order valence-electron chi connectivity index (χ4n) is 7.92. The Kier molecular flexibility index (Phi) is 11.9. The minimum atomic E-state index is -0.547. The van der Waals surface area contributed by atoms with Gasteiger partial charge in [-0.15, -0.1) is 0 Å². The lowest BCUT2D eigenvalue weighted by Crippen LogP contribution is -2.53. The van der Waals surface area contributed by atoms with Crippen LogP contribution in [0, 0.1) is 22.7 Å². The first-order valence-corrected chi connectivity index (χ1v) is 19.8. The average molecular weight is 809 g/mol. The predicted octanol–water partition coefficient (Wildman–Crippen LogP) is 2.39. The fourth-order valence-corrected chi connectivity index (χ4v) is 7.92. The molecule has 2 aliphatic rings. The molecule has 3 aromatic carbocycles. The van der Waals surface area contributed by atoms with Gasteiger partial charge in [-0.1, -0.05) is 36.4 Å². The summed E-state index contributed by atoms with van der Waals surface area (Å²) >= 11 is 0. The van der Waals surface area contributed by atoms with Crippen molar-refractivity contribution in [2.24, 2.45) is 14.1 Å². The molecule has 5 aromatic rings. The van der Waals surface area contributed by atoms with Crippen molar-refractivity contribution in [2.45, 2.75) is 57.4 Å². The van der Waals surface area contributed by atoms with Gasteiger partial charge in [0.15, 0.2) is 0 Å². The highest BCUT2D eigenvalue weighted by molar-refractivity contribution is 5.98. The van der Waals surface area contributed by atoms with E-state index in [1.54, 1.807) is 72.8 Å². The van der Waals surface area contributed by atoms with E-state index in [0.29, 0.717) is 83.9 Å². The van der Waals surface area contributed by atoms with Crippen molar-refractivity contribution in [3.63, 3.8) is 0 Å². The molecule has 2 aromatic heterocycles. The molecular formula is C44H44N10O6. The molecule has 0 radical (unpaired) electrons. The Labute approximate surface area is 344 Å². The Morgan fingerprint density at radius 1 is 0.650 bits per heavy atom. The van der Waals surface area contributed by atoms with Crippen molar-refractivity contribution in [1.29, 1.82) is 10.5 Å². The Morgan fingerprint density at radius 3 is 1.73 bits per heavy atom. The van der Waals surface area contributed by atoms with Crippen LogP contribution in [0.1, 0.15) is 75.1 Å². The number of amides is 2. The van der Waals surface area contributed by atoms with Crippen molar-refractivity contribution in [3.8, 4) is 12.1 Å². The van der Waals surface area contributed by atoms with Crippen molar-refractivity contribution in [3.05, 3.63) is 160 Å². The molecule has 2 saturated heterocycles. The van der Waals surface area contributed by atoms with Crippen molar-refractivity contribution in [2.75, 3.05) is 29.4 Å². The zero-order valence-corrected chi connectivity index (χ0v) is 33.3. The zero-order chi connectivity index (χ0) is 42.5. The second kappa shape index (κ2) is 17.6. The number of aromatic nitrogens is 4. The molecule has 0 saturated carbocycles. The summed E-state index contributed by atoms with van der Waals surface area (Å²) in [6.45, 7) is 1.50. The van der Waals surface area contributed by atoms with Gasteiger partial charge in [0.1, 0.15) is 17.8 Å². The predicted molar refractivity (Wildman–Crippen MR) is 224 cm³/mol. The Bertz CT molecular complexity index is 2790. The smallest absolute Gasteiger partial charge is 0.332 e. The summed E-state index contributed by atoms with van der Waals surface area (Å²) in [6.07, 6.45) is 2.94. The summed E-state index contributed by atoms with van der Waals surface area (Å²) in [6, 6.07) is 27.0. The highest BCUT2D eigenvalue weighted by Crippen LogP contribution is 2.24. The molecule has 0 spiro atoms. The van der Waals surface area contributed by atoms with Crippen LogP contribution in [0.3, 0.4) is 0 Å². The molecule has 4 heterocycles. The summed E-state index contributed by atoms with van der Waals surface area (Å²) < 4.78 is 4.98. The van der Waals surface area contributed by atoms with Crippen molar-refractivity contribution in [1.82, 2.24) is 28.9 Å². The van der Waals surface area contributed by atoms with Gasteiger partial charge in [0.05, 0.1) is 36.4 Å². The average Bonchev–Trinajstić information content (AvgIpc) is 3.27. The molecule has 0 unspecified atom stereocenters. The molecule has 7 rings (SSSR count). The number of benzene rings is 3. The first-order valence-electron chi connectivity index (χ1n) is 19.8. The zero-order valence-electron chi connectivity index (χ0n) is 33.3. The third-order valence-electron chi connectivity index (χ3n) is 11.3. The van der Waals surface area contributed by atoms with Crippen LogP contribution in [-0.2, 0) is 27.2 Å². The molecule has 0 bridgehead atoms. The molecule has 2 amide bonds. The van der Waals surface area contributed by atoms with E-state index in [9.17, 15) is 39.3 Å². The number of nitrogens with zero attached hydrogens (tertiary/aromatic N) is 8. The summed E-state index contributed by atoms with van der Waals surface area (Å²) in [5, 5.41) is 25.5. The normalized spacial score (nSPS) is 16.4. The van der Waals surface area contributed by atoms with E-state index in [1.807, 2.05) is 9.80 Å². The first kappa shape index (κ1) is 40.7. The molecule has 0 aliphatic carbocycles. The monoisotopic (exact) mass is 808 g/mol. The molecule has 60 heavy (non-hydrogen) atoms. The fraction of sp³-hybridized carbons (Fsp3) is 0.318. The van der Waals surface area contributed by atoms with Crippen LogP contribution in [0.2, 0.25) is 0 Å². The van der Waals surface area contributed by atoms with E-state index in [1.165, 1.54) is 35.4 Å². The van der Waals surface area contributed by atoms with Gasteiger partial charge >= 0.3 is 11.4 Å². The second-order valence-electron chi connectivity index (χ2n) is 15.1. The highest BCUT2D eigenvalue weighted by atomic mass is 16.2. The molecular weight excluding hydrogens is 765 g/mol. The molecule has 2 fully saturated rings. The number of carbonyl (C=O) groups is 2. The highest BCUT2D eigenvalue weighted by Gasteiger charge is 2.29. The van der Waals surface area contributed by atoms with Gasteiger partial charge < -0.3 is 20.4 Å². The van der Waals surface area contributed by atoms with Crippen molar-refractivity contribution < 1.29 is 9.59 Å². The maximum Gasteiger partial charge on any atom is 0.332 e. The quantitative estimate of drug-likeness (QED) is 0.211. The number of piperidine rings is 2. The molecule has 2 aliphatic heterocycles. The van der Waals surface area contributed by atoms with Gasteiger partial charge in [-0.05, 0) is 79.6 Å². The van der Waals surface area contributed by atoms with Crippen LogP contribution in [-0.4, -0.2) is 61.9 Å². The number of hydrogen-bond donors (Lipinski definition) is 2. The lowest BCUT2D eigenvalue weighted by atomic mass is 10.0. The molecule has 306 valence electrons. The van der Waals surface area contributed by atoms with Gasteiger partial charge in [0, 0.05) is 63.0 Å². The number of nitriles is 2. The molecule has 2 N–H and O–H groups in total. The minimum Gasteiger partial charge on any atom is -0.356 e. The third-order valence-corrected chi connectivity index (χ3v) is 11.3. The molecule has 16 heteroatoms. The number of rotatable bonds is 10. The largest absolute Gasteiger partial charge is 0.356 e. The Hall–Kier alpha value is -7.46. The van der Waals surface area contributed by atoms with Crippen LogP contribution in [0.25, 0.3) is 0 Å². The van der Waals surface area contributed by atoms with Crippen LogP contribution in [0.15, 0.2) is 104 Å². The maximum absolute atomic E-state index is 13.7. The van der Waals surface area contributed by atoms with E-state index in [2.05, 4.69) is 22.8 Å². The van der Waals surface area contributed by atoms with Gasteiger partial charge in [0.25, 0.3) is 22.9 Å². The number of anilines is 2. The van der Waals surface area contributed by atoms with E-state index < -0.39 is 34.6 Å². The summed E-state index contributed by atoms with van der Waals surface area (Å²) in [5.74, 6) is 0.00508. The van der Waals surface area contributed by atoms with E-state index in [-0.39, 0.29) is 25.0 Å². The van der Waals surface area contributed by atoms with Crippen LogP contribution < -0.4 is 42.9 Å². The topological polar surface area (TPSA) is 200 Å². The van der Waals surface area contributed by atoms with Gasteiger partial charge in [0.2, 0.25) is 0 Å². The number of nitrogens with one attached hydrogen (secondary N) is 2. The van der Waals surface area contributed by atoms with E-state index in [0.717, 1.165) is 22.0 Å². The van der Waals surface area contributed by atoms with Crippen LogP contribution in [0.4, 0.5) is 11.6 Å². The summed E-state index contributed by atoms with van der Waals surface area (Å²) in [4.78, 5) is 83.6. The summed E-state index contributed by atoms with van der Waals surface area (Å²) in [7, 11) is 2.81. The van der Waals surface area contributed by atoms with Gasteiger partial charge in [-0.2, -0.15) is 10.5 Å². The standard InChI is InChI=1S/C44H44N10O6/c1-49-39(55)22-37(53(43(49)59)26-33-12-5-3-10-31(33)24-45)51-20-9-14-35(28-51)47-41(57)29-16-18-30(19-17-29)42(58)48-36-15-7-8-21-52(36)38-23-40(56)50(2)44(60)54(38)27-34-13-6-4-11-32(34)25-46/h3-6,10-13,16-19,22-23,35-36H,7-9,14-15,20-21,26-28H2,1-2H3,(H,47,57)(H,48,58)/t35-,36+/m1/s1. The lowest BCUT2D eigenvalue weighted by Gasteiger charge is -2.38. The van der Waals surface area contributed by atoms with E-state index in [4.69, 9.17) is 0 Å². The maximum atomic E-state index is 13.7. The number of hydrogen-bond acceptors (Lipinski definition) is 10. The van der Waals surface area contributed by atoms with Crippen LogP contribution in [0.5, 0.6) is 0 Å². The van der Waals surface area contributed by atoms with Gasteiger partial charge in [-0.25, -0.2) is 9.59 Å². The Morgan fingerprint density at radius 2 is 1.17 bits per heavy atom. The molecule has 16 nitrogen and oxygen atoms in total. The number of carbonyl (C=O) groups excluding carboxylic acids is 2. The summed E-state index contributed by atoms with van der Waals surface area (Å²) in [5.41, 5.74) is 0.736. The SMILES string of the molecule is Cn1c(=O)cc(N2CCC[C@@H](NC(=O)c3ccc(C(=O)N[C@@H]4CCCCN4c4cc(=O)n(C)c(=O)n4Cc4ccccc4C#N)cc3)C2)n(Cc2ccccc2C#N)c1=O.